The molecule has 1 fully saturated rings. The average molecular weight is 381 g/mol. The Bertz CT molecular complexity index is 826. The maximum Gasteiger partial charge on any atom is 0.341 e. The van der Waals surface area contributed by atoms with Crippen molar-refractivity contribution in [2.75, 3.05) is 18.5 Å². The van der Waals surface area contributed by atoms with Crippen LogP contribution >= 0.6 is 0 Å². The van der Waals surface area contributed by atoms with Crippen molar-refractivity contribution in [3.05, 3.63) is 59.7 Å². The van der Waals surface area contributed by atoms with Crippen molar-refractivity contribution in [1.29, 1.82) is 0 Å². The number of esters is 1. The van der Waals surface area contributed by atoms with Crippen LogP contribution in [0.3, 0.4) is 0 Å². The van der Waals surface area contributed by atoms with Gasteiger partial charge in [-0.05, 0) is 50.5 Å². The zero-order valence-corrected chi connectivity index (χ0v) is 16.5. The molecule has 1 saturated carbocycles. The summed E-state index contributed by atoms with van der Waals surface area (Å²) in [5.41, 5.74) is 1.41. The third-order valence-electron chi connectivity index (χ3n) is 5.25. The lowest BCUT2D eigenvalue weighted by Gasteiger charge is -2.28. The van der Waals surface area contributed by atoms with Crippen LogP contribution < -0.4 is 10.1 Å². The van der Waals surface area contributed by atoms with Gasteiger partial charge in [0.1, 0.15) is 11.3 Å². The van der Waals surface area contributed by atoms with Crippen LogP contribution in [0.15, 0.2) is 48.5 Å². The largest absolute Gasteiger partial charge is 0.493 e. The molecule has 0 aliphatic heterocycles. The molecular formula is C23H27NO4. The number of rotatable bonds is 7. The van der Waals surface area contributed by atoms with Crippen molar-refractivity contribution < 1.29 is 19.1 Å². The molecule has 5 nitrogen and oxygen atoms in total. The molecule has 0 saturated heterocycles. The topological polar surface area (TPSA) is 64.6 Å². The average Bonchev–Trinajstić information content (AvgIpc) is 3.21. The highest BCUT2D eigenvalue weighted by Gasteiger charge is 2.42. The molecule has 148 valence electrons. The fourth-order valence-electron chi connectivity index (χ4n) is 3.89. The summed E-state index contributed by atoms with van der Waals surface area (Å²) < 4.78 is 10.7. The Morgan fingerprint density at radius 2 is 1.71 bits per heavy atom. The highest BCUT2D eigenvalue weighted by molar-refractivity contribution is 6.01. The minimum atomic E-state index is -0.524. The van der Waals surface area contributed by atoms with E-state index in [1.165, 1.54) is 0 Å². The van der Waals surface area contributed by atoms with Crippen LogP contribution in [-0.4, -0.2) is 25.1 Å². The maximum atomic E-state index is 13.3. The number of hydrogen-bond acceptors (Lipinski definition) is 4. The first-order chi connectivity index (χ1) is 13.6. The zero-order chi connectivity index (χ0) is 20.0. The van der Waals surface area contributed by atoms with Gasteiger partial charge in [-0.15, -0.1) is 0 Å². The lowest BCUT2D eigenvalue weighted by molar-refractivity contribution is -0.121. The number of anilines is 1. The fraction of sp³-hybridized carbons (Fsp3) is 0.391. The molecule has 1 amide bonds. The van der Waals surface area contributed by atoms with Crippen molar-refractivity contribution >= 4 is 17.6 Å². The van der Waals surface area contributed by atoms with Gasteiger partial charge in [-0.3, -0.25) is 4.79 Å². The van der Waals surface area contributed by atoms with E-state index in [0.717, 1.165) is 31.2 Å². The fourth-order valence-corrected chi connectivity index (χ4v) is 3.89. The van der Waals surface area contributed by atoms with E-state index < -0.39 is 11.4 Å². The molecule has 5 heteroatoms. The van der Waals surface area contributed by atoms with Crippen LogP contribution in [0.2, 0.25) is 0 Å². The first-order valence-corrected chi connectivity index (χ1v) is 9.91. The first kappa shape index (κ1) is 19.9. The van der Waals surface area contributed by atoms with E-state index in [9.17, 15) is 9.59 Å². The van der Waals surface area contributed by atoms with Gasteiger partial charge in [-0.1, -0.05) is 43.2 Å². The second-order valence-electron chi connectivity index (χ2n) is 6.97. The summed E-state index contributed by atoms with van der Waals surface area (Å²) in [6.07, 6.45) is 3.70. The van der Waals surface area contributed by atoms with E-state index in [1.54, 1.807) is 25.1 Å². The van der Waals surface area contributed by atoms with Gasteiger partial charge in [0.25, 0.3) is 0 Å². The molecule has 0 bridgehead atoms. The van der Waals surface area contributed by atoms with Crippen molar-refractivity contribution in [3.63, 3.8) is 0 Å². The maximum absolute atomic E-state index is 13.3. The number of amides is 1. The molecule has 0 radical (unpaired) electrons. The Balaban J connectivity index is 1.88. The zero-order valence-electron chi connectivity index (χ0n) is 16.5. The van der Waals surface area contributed by atoms with Gasteiger partial charge in [-0.2, -0.15) is 0 Å². The molecular weight excluding hydrogens is 354 g/mol. The number of nitrogens with one attached hydrogen (secondary N) is 1. The summed E-state index contributed by atoms with van der Waals surface area (Å²) in [5.74, 6) is -0.0338. The first-order valence-electron chi connectivity index (χ1n) is 9.91. The number of ether oxygens (including phenoxy) is 2. The van der Waals surface area contributed by atoms with Crippen molar-refractivity contribution in [3.8, 4) is 5.75 Å². The van der Waals surface area contributed by atoms with Gasteiger partial charge in [0, 0.05) is 5.69 Å². The molecule has 28 heavy (non-hydrogen) atoms. The Hall–Kier alpha value is -2.82. The van der Waals surface area contributed by atoms with E-state index >= 15 is 0 Å². The minimum Gasteiger partial charge on any atom is -0.493 e. The second kappa shape index (κ2) is 8.91. The van der Waals surface area contributed by atoms with Gasteiger partial charge < -0.3 is 14.8 Å². The van der Waals surface area contributed by atoms with Crippen LogP contribution in [0.1, 0.15) is 55.5 Å². The molecule has 1 aliphatic carbocycles. The van der Waals surface area contributed by atoms with E-state index in [4.69, 9.17) is 9.47 Å². The summed E-state index contributed by atoms with van der Waals surface area (Å²) >= 11 is 0. The Labute approximate surface area is 166 Å². The molecule has 2 aromatic carbocycles. The third kappa shape index (κ3) is 4.03. The Morgan fingerprint density at radius 3 is 2.36 bits per heavy atom. The predicted molar refractivity (Wildman–Crippen MR) is 109 cm³/mol. The number of hydrogen-bond donors (Lipinski definition) is 1. The van der Waals surface area contributed by atoms with E-state index in [0.29, 0.717) is 23.6 Å². The highest BCUT2D eigenvalue weighted by Crippen LogP contribution is 2.42. The van der Waals surface area contributed by atoms with Gasteiger partial charge in [0.05, 0.1) is 18.6 Å². The van der Waals surface area contributed by atoms with E-state index in [1.807, 2.05) is 37.3 Å². The molecule has 0 aromatic heterocycles. The van der Waals surface area contributed by atoms with Crippen LogP contribution in [0.5, 0.6) is 5.75 Å². The molecule has 0 heterocycles. The van der Waals surface area contributed by atoms with E-state index in [-0.39, 0.29) is 12.5 Å². The summed E-state index contributed by atoms with van der Waals surface area (Å²) in [7, 11) is 0. The number of benzene rings is 2. The number of carbonyl (C=O) groups excluding carboxylic acids is 2. The summed E-state index contributed by atoms with van der Waals surface area (Å²) in [6, 6.07) is 15.0. The third-order valence-corrected chi connectivity index (χ3v) is 5.25. The van der Waals surface area contributed by atoms with Crippen molar-refractivity contribution in [2.24, 2.45) is 0 Å². The Morgan fingerprint density at radius 1 is 1.00 bits per heavy atom. The summed E-state index contributed by atoms with van der Waals surface area (Å²) in [4.78, 5) is 25.6. The molecule has 0 spiro atoms. The van der Waals surface area contributed by atoms with Crippen molar-refractivity contribution in [2.45, 2.75) is 44.9 Å². The summed E-state index contributed by atoms with van der Waals surface area (Å²) in [6.45, 7) is 4.33. The molecule has 0 unspecified atom stereocenters. The van der Waals surface area contributed by atoms with Gasteiger partial charge >= 0.3 is 5.97 Å². The summed E-state index contributed by atoms with van der Waals surface area (Å²) in [5, 5.41) is 3.03. The van der Waals surface area contributed by atoms with E-state index in [2.05, 4.69) is 5.32 Å². The molecule has 2 aromatic rings. The highest BCUT2D eigenvalue weighted by atomic mass is 16.5. The lowest BCUT2D eigenvalue weighted by atomic mass is 9.78. The minimum absolute atomic E-state index is 0.0323. The smallest absolute Gasteiger partial charge is 0.341 e. The molecule has 0 atom stereocenters. The molecule has 1 N–H and O–H groups in total. The SMILES string of the molecule is CCOC(=O)c1cc(NC(=O)C2(c3ccccc3)CCCC2)ccc1OCC. The van der Waals surface area contributed by atoms with Gasteiger partial charge in [0.15, 0.2) is 0 Å². The van der Waals surface area contributed by atoms with Crippen LogP contribution in [0.25, 0.3) is 0 Å². The predicted octanol–water partition coefficient (Wildman–Crippen LogP) is 4.71. The molecule has 3 rings (SSSR count). The standard InChI is InChI=1S/C23H27NO4/c1-3-27-20-13-12-18(16-19(20)21(25)28-4-2)24-22(26)23(14-8-9-15-23)17-10-6-5-7-11-17/h5-7,10-13,16H,3-4,8-9,14-15H2,1-2H3,(H,24,26). The monoisotopic (exact) mass is 381 g/mol. The number of carbonyl (C=O) groups is 2. The van der Waals surface area contributed by atoms with Gasteiger partial charge in [0.2, 0.25) is 5.91 Å². The quantitative estimate of drug-likeness (QED) is 0.705. The van der Waals surface area contributed by atoms with Crippen LogP contribution in [0, 0.1) is 0 Å². The molecule has 1 aliphatic rings. The van der Waals surface area contributed by atoms with Gasteiger partial charge in [-0.25, -0.2) is 4.79 Å². The Kier molecular flexibility index (Phi) is 6.34. The normalized spacial score (nSPS) is 15.1. The second-order valence-corrected chi connectivity index (χ2v) is 6.97. The van der Waals surface area contributed by atoms with Crippen molar-refractivity contribution in [1.82, 2.24) is 0 Å². The van der Waals surface area contributed by atoms with Crippen LogP contribution in [0.4, 0.5) is 5.69 Å². The lowest BCUT2D eigenvalue weighted by Crippen LogP contribution is -2.38. The van der Waals surface area contributed by atoms with Crippen LogP contribution in [-0.2, 0) is 14.9 Å².